The zero-order valence-electron chi connectivity index (χ0n) is 16.6. The van der Waals surface area contributed by atoms with Crippen molar-refractivity contribution in [1.29, 1.82) is 0 Å². The number of furan rings is 1. The number of esters is 1. The van der Waals surface area contributed by atoms with Crippen LogP contribution < -0.4 is 11.1 Å². The Kier molecular flexibility index (Phi) is 6.33. The molecule has 0 bridgehead atoms. The molecule has 0 fully saturated rings. The van der Waals surface area contributed by atoms with Gasteiger partial charge in [0.1, 0.15) is 5.76 Å². The van der Waals surface area contributed by atoms with E-state index in [1.54, 1.807) is 0 Å². The number of halogens is 3. The number of alkyl halides is 3. The van der Waals surface area contributed by atoms with Gasteiger partial charge in [-0.25, -0.2) is 4.79 Å². The first-order chi connectivity index (χ1) is 15.0. The molecule has 10 heteroatoms. The third-order valence-corrected chi connectivity index (χ3v) is 4.37. The predicted molar refractivity (Wildman–Crippen MR) is 108 cm³/mol. The molecule has 3 rings (SSSR count). The molecule has 0 unspecified atom stereocenters. The standard InChI is InChI=1S/C22H17F3N2O5/c1-12(20(29)27-16-7-5-13(6-8-16)19(26)28)31-21(30)18-10-9-17(32-18)14-3-2-4-15(11-14)22(23,24)25/h2-12H,1H3,(H2,26,28)(H,27,29)/t12-/m0/s1. The number of anilines is 1. The van der Waals surface area contributed by atoms with Crippen molar-refractivity contribution < 1.29 is 36.7 Å². The summed E-state index contributed by atoms with van der Waals surface area (Å²) in [7, 11) is 0. The number of benzene rings is 2. The van der Waals surface area contributed by atoms with Crippen LogP contribution in [0.15, 0.2) is 65.1 Å². The highest BCUT2D eigenvalue weighted by molar-refractivity contribution is 5.97. The molecule has 1 aromatic heterocycles. The highest BCUT2D eigenvalue weighted by Crippen LogP contribution is 2.32. The smallest absolute Gasteiger partial charge is 0.416 e. The van der Waals surface area contributed by atoms with Crippen LogP contribution in [0.3, 0.4) is 0 Å². The quantitative estimate of drug-likeness (QED) is 0.550. The van der Waals surface area contributed by atoms with Crippen LogP contribution in [-0.4, -0.2) is 23.9 Å². The maximum Gasteiger partial charge on any atom is 0.416 e. The zero-order chi connectivity index (χ0) is 23.5. The van der Waals surface area contributed by atoms with Crippen LogP contribution in [0.1, 0.15) is 33.4 Å². The van der Waals surface area contributed by atoms with Gasteiger partial charge in [0.25, 0.3) is 5.91 Å². The first-order valence-electron chi connectivity index (χ1n) is 9.24. The fraction of sp³-hybridized carbons (Fsp3) is 0.136. The molecule has 1 heterocycles. The zero-order valence-corrected chi connectivity index (χ0v) is 16.6. The molecule has 3 N–H and O–H groups in total. The van der Waals surface area contributed by atoms with E-state index in [0.717, 1.165) is 12.1 Å². The molecule has 0 radical (unpaired) electrons. The lowest BCUT2D eigenvalue weighted by molar-refractivity contribution is -0.137. The van der Waals surface area contributed by atoms with Crippen molar-refractivity contribution in [3.63, 3.8) is 0 Å². The van der Waals surface area contributed by atoms with Crippen molar-refractivity contribution in [2.75, 3.05) is 5.32 Å². The number of primary amides is 1. The number of ether oxygens (including phenoxy) is 1. The molecular formula is C22H17F3N2O5. The molecule has 7 nitrogen and oxygen atoms in total. The summed E-state index contributed by atoms with van der Waals surface area (Å²) >= 11 is 0. The van der Waals surface area contributed by atoms with Gasteiger partial charge in [-0.05, 0) is 55.5 Å². The van der Waals surface area contributed by atoms with Crippen LogP contribution in [0.25, 0.3) is 11.3 Å². The molecular weight excluding hydrogens is 429 g/mol. The summed E-state index contributed by atoms with van der Waals surface area (Å²) in [5, 5.41) is 2.51. The molecule has 1 atom stereocenters. The third-order valence-electron chi connectivity index (χ3n) is 4.37. The average molecular weight is 446 g/mol. The molecule has 0 aliphatic heterocycles. The average Bonchev–Trinajstić information content (AvgIpc) is 3.24. The van der Waals surface area contributed by atoms with Crippen LogP contribution in [0.4, 0.5) is 18.9 Å². The molecule has 3 aromatic rings. The highest BCUT2D eigenvalue weighted by Gasteiger charge is 2.30. The summed E-state index contributed by atoms with van der Waals surface area (Å²) in [5.41, 5.74) is 5.03. The van der Waals surface area contributed by atoms with Gasteiger partial charge >= 0.3 is 12.1 Å². The molecule has 0 saturated heterocycles. The van der Waals surface area contributed by atoms with E-state index >= 15 is 0 Å². The number of carbonyl (C=O) groups is 3. The van der Waals surface area contributed by atoms with Gasteiger partial charge in [0, 0.05) is 16.8 Å². The SMILES string of the molecule is C[C@H](OC(=O)c1ccc(-c2cccc(C(F)(F)F)c2)o1)C(=O)Nc1ccc(C(N)=O)cc1. The second kappa shape index (κ2) is 8.96. The minimum atomic E-state index is -4.52. The van der Waals surface area contributed by atoms with Gasteiger partial charge in [-0.1, -0.05) is 12.1 Å². The minimum Gasteiger partial charge on any atom is -0.449 e. The van der Waals surface area contributed by atoms with Crippen molar-refractivity contribution in [2.24, 2.45) is 5.73 Å². The van der Waals surface area contributed by atoms with Gasteiger partial charge < -0.3 is 20.2 Å². The van der Waals surface area contributed by atoms with E-state index in [-0.39, 0.29) is 22.6 Å². The van der Waals surface area contributed by atoms with Crippen molar-refractivity contribution in [3.05, 3.63) is 77.6 Å². The molecule has 2 aromatic carbocycles. The highest BCUT2D eigenvalue weighted by atomic mass is 19.4. The lowest BCUT2D eigenvalue weighted by atomic mass is 10.1. The summed E-state index contributed by atoms with van der Waals surface area (Å²) in [6.45, 7) is 1.33. The maximum absolute atomic E-state index is 12.9. The lowest BCUT2D eigenvalue weighted by Crippen LogP contribution is -2.29. The van der Waals surface area contributed by atoms with Crippen molar-refractivity contribution in [2.45, 2.75) is 19.2 Å². The normalized spacial score (nSPS) is 12.1. The molecule has 0 saturated carbocycles. The Morgan fingerprint density at radius 2 is 1.72 bits per heavy atom. The topological polar surface area (TPSA) is 112 Å². The van der Waals surface area contributed by atoms with E-state index in [0.29, 0.717) is 5.69 Å². The van der Waals surface area contributed by atoms with E-state index < -0.39 is 35.6 Å². The van der Waals surface area contributed by atoms with Crippen LogP contribution >= 0.6 is 0 Å². The number of nitrogens with one attached hydrogen (secondary N) is 1. The second-order valence-electron chi connectivity index (χ2n) is 6.72. The van der Waals surface area contributed by atoms with Crippen molar-refractivity contribution >= 4 is 23.5 Å². The Labute approximate surface area is 180 Å². The van der Waals surface area contributed by atoms with E-state index in [1.807, 2.05) is 0 Å². The second-order valence-corrected chi connectivity index (χ2v) is 6.72. The molecule has 0 aliphatic rings. The van der Waals surface area contributed by atoms with Gasteiger partial charge in [0.05, 0.1) is 5.56 Å². The van der Waals surface area contributed by atoms with Gasteiger partial charge in [-0.2, -0.15) is 13.2 Å². The van der Waals surface area contributed by atoms with Crippen LogP contribution in [0, 0.1) is 0 Å². The lowest BCUT2D eigenvalue weighted by Gasteiger charge is -2.13. The molecule has 2 amide bonds. The minimum absolute atomic E-state index is 0.0368. The van der Waals surface area contributed by atoms with E-state index in [9.17, 15) is 27.6 Å². The first kappa shape index (κ1) is 22.6. The summed E-state index contributed by atoms with van der Waals surface area (Å²) in [6.07, 6.45) is -5.73. The number of amides is 2. The number of carbonyl (C=O) groups excluding carboxylic acids is 3. The Morgan fingerprint density at radius 3 is 2.34 bits per heavy atom. The summed E-state index contributed by atoms with van der Waals surface area (Å²) in [6, 6.07) is 12.8. The van der Waals surface area contributed by atoms with Crippen LogP contribution in [0.2, 0.25) is 0 Å². The molecule has 32 heavy (non-hydrogen) atoms. The third kappa shape index (κ3) is 5.34. The van der Waals surface area contributed by atoms with Gasteiger partial charge in [-0.3, -0.25) is 9.59 Å². The van der Waals surface area contributed by atoms with E-state index in [4.69, 9.17) is 14.9 Å². The Bertz CT molecular complexity index is 1150. The van der Waals surface area contributed by atoms with E-state index in [2.05, 4.69) is 5.32 Å². The first-order valence-corrected chi connectivity index (χ1v) is 9.24. The Hall–Kier alpha value is -4.08. The van der Waals surface area contributed by atoms with Crippen LogP contribution in [-0.2, 0) is 15.7 Å². The maximum atomic E-state index is 12.9. The summed E-state index contributed by atoms with van der Waals surface area (Å²) < 4.78 is 49.0. The largest absolute Gasteiger partial charge is 0.449 e. The number of hydrogen-bond donors (Lipinski definition) is 2. The number of nitrogens with two attached hydrogens (primary N) is 1. The molecule has 0 spiro atoms. The predicted octanol–water partition coefficient (Wildman–Crippen LogP) is 4.25. The number of rotatable bonds is 6. The summed E-state index contributed by atoms with van der Waals surface area (Å²) in [5.74, 6) is -2.46. The van der Waals surface area contributed by atoms with E-state index in [1.165, 1.54) is 55.5 Å². The monoisotopic (exact) mass is 446 g/mol. The summed E-state index contributed by atoms with van der Waals surface area (Å²) in [4.78, 5) is 35.6. The van der Waals surface area contributed by atoms with Crippen LogP contribution in [0.5, 0.6) is 0 Å². The van der Waals surface area contributed by atoms with Gasteiger partial charge in [0.2, 0.25) is 11.7 Å². The fourth-order valence-corrected chi connectivity index (χ4v) is 2.69. The Morgan fingerprint density at radius 1 is 1.03 bits per heavy atom. The molecule has 166 valence electrons. The number of hydrogen-bond acceptors (Lipinski definition) is 5. The Balaban J connectivity index is 1.64. The van der Waals surface area contributed by atoms with Gasteiger partial charge in [0.15, 0.2) is 6.10 Å². The van der Waals surface area contributed by atoms with Gasteiger partial charge in [-0.15, -0.1) is 0 Å². The van der Waals surface area contributed by atoms with Crippen molar-refractivity contribution in [3.8, 4) is 11.3 Å². The van der Waals surface area contributed by atoms with Crippen molar-refractivity contribution in [1.82, 2.24) is 0 Å². The fourth-order valence-electron chi connectivity index (χ4n) is 2.69. The molecule has 0 aliphatic carbocycles.